The van der Waals surface area contributed by atoms with Gasteiger partial charge in [0.2, 0.25) is 0 Å². The van der Waals surface area contributed by atoms with Crippen molar-refractivity contribution in [2.45, 2.75) is 12.5 Å². The van der Waals surface area contributed by atoms with Crippen LogP contribution in [-0.4, -0.2) is 28.1 Å². The molecule has 0 saturated carbocycles. The highest BCUT2D eigenvalue weighted by atomic mass is 19.2. The summed E-state index contributed by atoms with van der Waals surface area (Å²) in [6.45, 7) is 0.212. The highest BCUT2D eigenvalue weighted by Crippen LogP contribution is 2.28. The number of aromatic nitrogens is 1. The van der Waals surface area contributed by atoms with Crippen LogP contribution >= 0.6 is 0 Å². The van der Waals surface area contributed by atoms with Crippen molar-refractivity contribution in [3.63, 3.8) is 0 Å². The Kier molecular flexibility index (Phi) is 3.40. The summed E-state index contributed by atoms with van der Waals surface area (Å²) in [4.78, 5) is 22.8. The van der Waals surface area contributed by atoms with E-state index in [9.17, 15) is 18.4 Å². The monoisotopic (exact) mass is 306 g/mol. The van der Waals surface area contributed by atoms with Crippen LogP contribution in [0.2, 0.25) is 0 Å². The van der Waals surface area contributed by atoms with Crippen molar-refractivity contribution in [1.82, 2.24) is 9.88 Å². The average Bonchev–Trinajstić information content (AvgIpc) is 2.91. The maximum atomic E-state index is 13.3. The lowest BCUT2D eigenvalue weighted by Crippen LogP contribution is -2.39. The quantitative estimate of drug-likeness (QED) is 0.913. The van der Waals surface area contributed by atoms with Crippen LogP contribution in [0.25, 0.3) is 11.1 Å². The van der Waals surface area contributed by atoms with Gasteiger partial charge in [-0.1, -0.05) is 6.07 Å². The molecular formula is C15H12F2N2O3. The largest absolute Gasteiger partial charge is 0.481 e. The molecule has 5 nitrogen and oxygen atoms in total. The van der Waals surface area contributed by atoms with Crippen molar-refractivity contribution < 1.29 is 23.5 Å². The number of carboxylic acid groups (broad SMARTS) is 1. The van der Waals surface area contributed by atoms with Gasteiger partial charge < -0.3 is 15.0 Å². The second-order valence-electron chi connectivity index (χ2n) is 5.11. The summed E-state index contributed by atoms with van der Waals surface area (Å²) in [6, 6.07) is 4.58. The second kappa shape index (κ2) is 5.25. The number of fused-ring (bicyclic) bond motifs is 1. The maximum Gasteiger partial charge on any atom is 0.305 e. The molecular weight excluding hydrogens is 294 g/mol. The topological polar surface area (TPSA) is 71.3 Å². The zero-order chi connectivity index (χ0) is 15.9. The highest BCUT2D eigenvalue weighted by molar-refractivity contribution is 5.95. The van der Waals surface area contributed by atoms with Crippen LogP contribution < -0.4 is 5.32 Å². The second-order valence-corrected chi connectivity index (χ2v) is 5.11. The number of aliphatic carboxylic acids is 1. The Hall–Kier alpha value is -2.70. The first-order chi connectivity index (χ1) is 10.5. The van der Waals surface area contributed by atoms with E-state index in [2.05, 4.69) is 5.32 Å². The number of carboxylic acids is 1. The van der Waals surface area contributed by atoms with Gasteiger partial charge in [0.1, 0.15) is 5.69 Å². The van der Waals surface area contributed by atoms with Crippen LogP contribution in [0.1, 0.15) is 23.0 Å². The number of nitrogens with one attached hydrogen (secondary N) is 1. The van der Waals surface area contributed by atoms with Crippen LogP contribution in [0.5, 0.6) is 0 Å². The van der Waals surface area contributed by atoms with E-state index < -0.39 is 23.6 Å². The summed E-state index contributed by atoms with van der Waals surface area (Å²) < 4.78 is 27.9. The lowest BCUT2D eigenvalue weighted by Gasteiger charge is -2.25. The van der Waals surface area contributed by atoms with E-state index in [1.54, 1.807) is 10.8 Å². The molecule has 1 amide bonds. The first kappa shape index (κ1) is 14.2. The van der Waals surface area contributed by atoms with Gasteiger partial charge in [0.25, 0.3) is 5.91 Å². The molecule has 0 bridgehead atoms. The molecule has 1 aromatic carbocycles. The molecule has 3 rings (SSSR count). The zero-order valence-electron chi connectivity index (χ0n) is 11.3. The first-order valence-electron chi connectivity index (χ1n) is 6.63. The fourth-order valence-electron chi connectivity index (χ4n) is 2.57. The average molecular weight is 306 g/mol. The number of amides is 1. The van der Waals surface area contributed by atoms with Crippen LogP contribution in [-0.2, 0) is 4.79 Å². The Morgan fingerprint density at radius 3 is 2.73 bits per heavy atom. The summed E-state index contributed by atoms with van der Waals surface area (Å²) in [5, 5.41) is 11.6. The predicted molar refractivity (Wildman–Crippen MR) is 73.4 cm³/mol. The molecule has 1 atom stereocenters. The Labute approximate surface area is 124 Å². The summed E-state index contributed by atoms with van der Waals surface area (Å²) in [5.41, 5.74) is 1.25. The van der Waals surface area contributed by atoms with Gasteiger partial charge >= 0.3 is 5.97 Å². The molecule has 0 fully saturated rings. The maximum absolute atomic E-state index is 13.3. The molecule has 2 N–H and O–H groups in total. The molecule has 7 heteroatoms. The van der Waals surface area contributed by atoms with E-state index in [4.69, 9.17) is 5.11 Å². The van der Waals surface area contributed by atoms with Gasteiger partial charge in [0, 0.05) is 18.3 Å². The van der Waals surface area contributed by atoms with Crippen molar-refractivity contribution in [2.75, 3.05) is 6.54 Å². The van der Waals surface area contributed by atoms with E-state index in [1.807, 2.05) is 0 Å². The van der Waals surface area contributed by atoms with E-state index in [-0.39, 0.29) is 18.9 Å². The molecule has 0 saturated heterocycles. The number of rotatable bonds is 3. The molecule has 1 aliphatic rings. The summed E-state index contributed by atoms with van der Waals surface area (Å²) >= 11 is 0. The normalized spacial score (nSPS) is 17.0. The zero-order valence-corrected chi connectivity index (χ0v) is 11.3. The minimum absolute atomic E-state index is 0.140. The minimum atomic E-state index is -0.979. The number of hydrogen-bond acceptors (Lipinski definition) is 2. The molecule has 1 aliphatic heterocycles. The van der Waals surface area contributed by atoms with Crippen molar-refractivity contribution in [1.29, 1.82) is 0 Å². The van der Waals surface area contributed by atoms with E-state index in [0.29, 0.717) is 16.8 Å². The molecule has 0 radical (unpaired) electrons. The molecule has 0 spiro atoms. The van der Waals surface area contributed by atoms with Crippen LogP contribution in [0, 0.1) is 11.6 Å². The SMILES string of the molecule is O=C(O)C[C@@H]1CNC(=O)c2cc(-c3ccc(F)c(F)c3)cn21. The fourth-order valence-corrected chi connectivity index (χ4v) is 2.57. The molecule has 22 heavy (non-hydrogen) atoms. The number of nitrogens with zero attached hydrogens (tertiary/aromatic N) is 1. The lowest BCUT2D eigenvalue weighted by molar-refractivity contribution is -0.137. The third kappa shape index (κ3) is 2.45. The number of benzene rings is 1. The molecule has 0 aliphatic carbocycles. The smallest absolute Gasteiger partial charge is 0.305 e. The van der Waals surface area contributed by atoms with Crippen molar-refractivity contribution in [3.05, 3.63) is 47.8 Å². The summed E-state index contributed by atoms with van der Waals surface area (Å²) in [5.74, 6) is -3.23. The van der Waals surface area contributed by atoms with Crippen molar-refractivity contribution in [3.8, 4) is 11.1 Å². The Bertz CT molecular complexity index is 770. The Balaban J connectivity index is 2.03. The van der Waals surface area contributed by atoms with Gasteiger partial charge in [-0.25, -0.2) is 8.78 Å². The van der Waals surface area contributed by atoms with Crippen LogP contribution in [0.4, 0.5) is 8.78 Å². The van der Waals surface area contributed by atoms with E-state index in [1.165, 1.54) is 12.1 Å². The van der Waals surface area contributed by atoms with Crippen molar-refractivity contribution in [2.24, 2.45) is 0 Å². The molecule has 114 valence electrons. The van der Waals surface area contributed by atoms with Gasteiger partial charge in [-0.15, -0.1) is 0 Å². The Morgan fingerprint density at radius 2 is 2.05 bits per heavy atom. The summed E-state index contributed by atoms with van der Waals surface area (Å²) in [6.07, 6.45) is 1.45. The number of halogens is 2. The first-order valence-corrected chi connectivity index (χ1v) is 6.63. The van der Waals surface area contributed by atoms with E-state index >= 15 is 0 Å². The molecule has 2 aromatic rings. The molecule has 2 heterocycles. The van der Waals surface area contributed by atoms with Crippen molar-refractivity contribution >= 4 is 11.9 Å². The standard InChI is InChI=1S/C15H12F2N2O3/c16-11-2-1-8(3-12(11)17)9-4-13-15(22)18-6-10(5-14(20)21)19(13)7-9/h1-4,7,10H,5-6H2,(H,18,22)(H,20,21)/t10-/m1/s1. The molecule has 0 unspecified atom stereocenters. The Morgan fingerprint density at radius 1 is 1.27 bits per heavy atom. The minimum Gasteiger partial charge on any atom is -0.481 e. The van der Waals surface area contributed by atoms with Crippen LogP contribution in [0.3, 0.4) is 0 Å². The highest BCUT2D eigenvalue weighted by Gasteiger charge is 2.27. The third-order valence-corrected chi connectivity index (χ3v) is 3.64. The summed E-state index contributed by atoms with van der Waals surface area (Å²) in [7, 11) is 0. The fraction of sp³-hybridized carbons (Fsp3) is 0.200. The number of hydrogen-bond donors (Lipinski definition) is 2. The molecule has 1 aromatic heterocycles. The predicted octanol–water partition coefficient (Wildman–Crippen LogP) is 2.19. The number of carbonyl (C=O) groups excluding carboxylic acids is 1. The van der Waals surface area contributed by atoms with E-state index in [0.717, 1.165) is 12.1 Å². The van der Waals surface area contributed by atoms with Crippen LogP contribution in [0.15, 0.2) is 30.5 Å². The van der Waals surface area contributed by atoms with Gasteiger partial charge in [0.15, 0.2) is 11.6 Å². The third-order valence-electron chi connectivity index (χ3n) is 3.64. The van der Waals surface area contributed by atoms with Gasteiger partial charge in [0.05, 0.1) is 12.5 Å². The van der Waals surface area contributed by atoms with Gasteiger partial charge in [-0.3, -0.25) is 9.59 Å². The lowest BCUT2D eigenvalue weighted by atomic mass is 10.1. The van der Waals surface area contributed by atoms with Gasteiger partial charge in [-0.05, 0) is 23.8 Å². The van der Waals surface area contributed by atoms with Gasteiger partial charge in [-0.2, -0.15) is 0 Å². The number of carbonyl (C=O) groups is 2.